The van der Waals surface area contributed by atoms with E-state index in [-0.39, 0.29) is 12.4 Å². The zero-order valence-corrected chi connectivity index (χ0v) is 14.3. The minimum absolute atomic E-state index is 0. The number of likely N-dealkylation sites (N-methyl/N-ethyl adjacent to an activating group) is 1. The second kappa shape index (κ2) is 8.54. The Morgan fingerprint density at radius 1 is 1.23 bits per heavy atom. The number of allylic oxidation sites excluding steroid dienone is 3. The Morgan fingerprint density at radius 2 is 1.95 bits per heavy atom. The van der Waals surface area contributed by atoms with Gasteiger partial charge >= 0.3 is 0 Å². The number of halogens is 1. The predicted octanol–water partition coefficient (Wildman–Crippen LogP) is 4.06. The van der Waals surface area contributed by atoms with E-state index in [1.807, 2.05) is 31.3 Å². The zero-order chi connectivity index (χ0) is 15.2. The molecule has 2 rings (SSSR count). The highest BCUT2D eigenvalue weighted by Gasteiger charge is 2.05. The van der Waals surface area contributed by atoms with Gasteiger partial charge in [-0.25, -0.2) is 0 Å². The molecule has 0 saturated heterocycles. The lowest BCUT2D eigenvalue weighted by molar-refractivity contribution is 0.474. The van der Waals surface area contributed by atoms with Crippen molar-refractivity contribution >= 4 is 24.2 Å². The summed E-state index contributed by atoms with van der Waals surface area (Å²) in [4.78, 5) is 4.34. The number of rotatable bonds is 5. The lowest BCUT2D eigenvalue weighted by Crippen LogP contribution is -2.21. The van der Waals surface area contributed by atoms with Crippen LogP contribution in [-0.4, -0.2) is 36.7 Å². The number of phenols is 1. The maximum Gasteiger partial charge on any atom is 0.124 e. The van der Waals surface area contributed by atoms with Crippen LogP contribution < -0.4 is 4.90 Å². The van der Waals surface area contributed by atoms with Crippen molar-refractivity contribution in [2.24, 2.45) is 0 Å². The van der Waals surface area contributed by atoms with Crippen molar-refractivity contribution < 1.29 is 5.11 Å². The summed E-state index contributed by atoms with van der Waals surface area (Å²) in [6, 6.07) is 5.87. The summed E-state index contributed by atoms with van der Waals surface area (Å²) in [7, 11) is 2.05. The van der Waals surface area contributed by atoms with E-state index in [0.29, 0.717) is 5.75 Å². The van der Waals surface area contributed by atoms with Gasteiger partial charge < -0.3 is 14.9 Å². The van der Waals surface area contributed by atoms with Crippen molar-refractivity contribution in [1.82, 2.24) is 4.90 Å². The van der Waals surface area contributed by atoms with Crippen molar-refractivity contribution in [2.75, 3.05) is 31.6 Å². The normalized spacial score (nSPS) is 14.0. The van der Waals surface area contributed by atoms with Gasteiger partial charge in [0.2, 0.25) is 0 Å². The molecule has 0 amide bonds. The van der Waals surface area contributed by atoms with E-state index < -0.39 is 0 Å². The lowest BCUT2D eigenvalue weighted by atomic mass is 10.1. The average molecular weight is 321 g/mol. The van der Waals surface area contributed by atoms with Crippen LogP contribution in [0.3, 0.4) is 0 Å². The van der Waals surface area contributed by atoms with Crippen LogP contribution in [0.5, 0.6) is 5.75 Å². The first kappa shape index (κ1) is 18.2. The largest absolute Gasteiger partial charge is 0.507 e. The van der Waals surface area contributed by atoms with E-state index in [1.54, 1.807) is 0 Å². The van der Waals surface area contributed by atoms with Gasteiger partial charge in [0.15, 0.2) is 0 Å². The Hall–Kier alpha value is -1.87. The molecule has 4 heteroatoms. The summed E-state index contributed by atoms with van der Waals surface area (Å²) >= 11 is 0. The van der Waals surface area contributed by atoms with Crippen molar-refractivity contribution in [3.05, 3.63) is 53.8 Å². The SMILES string of the molecule is CCN(CC)c1ccc(/C=C/C2=CCN(C)C=C2)c(O)c1.Cl. The molecule has 0 radical (unpaired) electrons. The van der Waals surface area contributed by atoms with Crippen LogP contribution in [0.15, 0.2) is 48.2 Å². The maximum atomic E-state index is 10.2. The Bertz CT molecular complexity index is 574. The first-order valence-electron chi connectivity index (χ1n) is 7.48. The van der Waals surface area contributed by atoms with Crippen molar-refractivity contribution in [3.63, 3.8) is 0 Å². The minimum Gasteiger partial charge on any atom is -0.507 e. The number of phenolic OH excluding ortho intramolecular Hbond substituents is 1. The fraction of sp³-hybridized carbons (Fsp3) is 0.333. The van der Waals surface area contributed by atoms with E-state index in [0.717, 1.165) is 30.9 Å². The van der Waals surface area contributed by atoms with Crippen LogP contribution >= 0.6 is 12.4 Å². The molecule has 0 spiro atoms. The second-order valence-electron chi connectivity index (χ2n) is 5.21. The smallest absolute Gasteiger partial charge is 0.124 e. The highest BCUT2D eigenvalue weighted by molar-refractivity contribution is 5.85. The molecule has 120 valence electrons. The maximum absolute atomic E-state index is 10.2. The molecule has 1 heterocycles. The molecular weight excluding hydrogens is 296 g/mol. The van der Waals surface area contributed by atoms with Crippen LogP contribution in [0.25, 0.3) is 6.08 Å². The van der Waals surface area contributed by atoms with Gasteiger partial charge in [-0.2, -0.15) is 0 Å². The third kappa shape index (κ3) is 4.57. The van der Waals surface area contributed by atoms with Crippen LogP contribution in [0, 0.1) is 0 Å². The molecule has 0 aromatic heterocycles. The molecule has 1 N–H and O–H groups in total. The van der Waals surface area contributed by atoms with Crippen LogP contribution in [0.2, 0.25) is 0 Å². The first-order chi connectivity index (χ1) is 10.1. The van der Waals surface area contributed by atoms with E-state index in [4.69, 9.17) is 0 Å². The number of anilines is 1. The molecule has 0 fully saturated rings. The Balaban J connectivity index is 0.00000242. The molecular formula is C18H25ClN2O. The molecule has 1 aromatic rings. The Morgan fingerprint density at radius 3 is 2.50 bits per heavy atom. The predicted molar refractivity (Wildman–Crippen MR) is 97.8 cm³/mol. The summed E-state index contributed by atoms with van der Waals surface area (Å²) in [6.07, 6.45) is 10.3. The number of hydrogen-bond donors (Lipinski definition) is 1. The average Bonchev–Trinajstić information content (AvgIpc) is 2.49. The topological polar surface area (TPSA) is 26.7 Å². The van der Waals surface area contributed by atoms with Crippen molar-refractivity contribution in [3.8, 4) is 5.75 Å². The zero-order valence-electron chi connectivity index (χ0n) is 13.5. The lowest BCUT2D eigenvalue weighted by Gasteiger charge is -2.21. The van der Waals surface area contributed by atoms with Gasteiger partial charge in [-0.3, -0.25) is 0 Å². The van der Waals surface area contributed by atoms with Gasteiger partial charge in [-0.15, -0.1) is 12.4 Å². The molecule has 0 unspecified atom stereocenters. The van der Waals surface area contributed by atoms with Crippen molar-refractivity contribution in [2.45, 2.75) is 13.8 Å². The molecule has 1 aliphatic heterocycles. The summed E-state index contributed by atoms with van der Waals surface area (Å²) in [5.41, 5.74) is 3.08. The van der Waals surface area contributed by atoms with Crippen LogP contribution in [0.4, 0.5) is 5.69 Å². The molecule has 1 aliphatic rings. The third-order valence-electron chi connectivity index (χ3n) is 3.73. The molecule has 0 saturated carbocycles. The van der Waals surface area contributed by atoms with Crippen molar-refractivity contribution in [1.29, 1.82) is 0 Å². The molecule has 0 atom stereocenters. The number of nitrogens with zero attached hydrogens (tertiary/aromatic N) is 2. The highest BCUT2D eigenvalue weighted by Crippen LogP contribution is 2.26. The van der Waals surface area contributed by atoms with Gasteiger partial charge in [-0.1, -0.05) is 18.2 Å². The number of hydrogen-bond acceptors (Lipinski definition) is 3. The van der Waals surface area contributed by atoms with Crippen LogP contribution in [-0.2, 0) is 0 Å². The van der Waals surface area contributed by atoms with Gasteiger partial charge in [0.25, 0.3) is 0 Å². The third-order valence-corrected chi connectivity index (χ3v) is 3.73. The number of benzene rings is 1. The molecule has 3 nitrogen and oxygen atoms in total. The first-order valence-corrected chi connectivity index (χ1v) is 7.48. The summed E-state index contributed by atoms with van der Waals surface area (Å²) in [5, 5.41) is 10.2. The molecule has 1 aromatic carbocycles. The second-order valence-corrected chi connectivity index (χ2v) is 5.21. The molecule has 0 aliphatic carbocycles. The van der Waals surface area contributed by atoms with Gasteiger partial charge in [0.05, 0.1) is 0 Å². The Labute approximate surface area is 139 Å². The monoisotopic (exact) mass is 320 g/mol. The van der Waals surface area contributed by atoms with E-state index in [2.05, 4.69) is 48.1 Å². The minimum atomic E-state index is 0. The standard InChI is InChI=1S/C18H24N2O.ClH/c1-4-20(5-2)17-9-8-16(18(21)14-17)7-6-15-10-12-19(3)13-11-15;/h6-12,14,21H,4-5,13H2,1-3H3;1H/b7-6+;. The van der Waals surface area contributed by atoms with E-state index in [9.17, 15) is 5.11 Å². The number of aromatic hydroxyl groups is 1. The fourth-order valence-corrected chi connectivity index (χ4v) is 2.36. The highest BCUT2D eigenvalue weighted by atomic mass is 35.5. The molecule has 22 heavy (non-hydrogen) atoms. The summed E-state index contributed by atoms with van der Waals surface area (Å²) < 4.78 is 0. The Kier molecular flexibility index (Phi) is 7.06. The summed E-state index contributed by atoms with van der Waals surface area (Å²) in [6.45, 7) is 7.04. The quantitative estimate of drug-likeness (QED) is 0.886. The van der Waals surface area contributed by atoms with E-state index in [1.165, 1.54) is 5.57 Å². The summed E-state index contributed by atoms with van der Waals surface area (Å²) in [5.74, 6) is 0.327. The van der Waals surface area contributed by atoms with Gasteiger partial charge in [0, 0.05) is 44.0 Å². The van der Waals surface area contributed by atoms with Gasteiger partial charge in [0.1, 0.15) is 5.75 Å². The van der Waals surface area contributed by atoms with Crippen LogP contribution in [0.1, 0.15) is 19.4 Å². The molecule has 0 bridgehead atoms. The van der Waals surface area contributed by atoms with E-state index >= 15 is 0 Å². The fourth-order valence-electron chi connectivity index (χ4n) is 2.36. The van der Waals surface area contributed by atoms with Gasteiger partial charge in [-0.05, 0) is 43.8 Å².